The Morgan fingerprint density at radius 1 is 1.18 bits per heavy atom. The maximum Gasteiger partial charge on any atom is 0.227 e. The van der Waals surface area contributed by atoms with Crippen LogP contribution in [0.3, 0.4) is 0 Å². The van der Waals surface area contributed by atoms with Crippen LogP contribution in [0.2, 0.25) is 5.02 Å². The molecule has 8 nitrogen and oxygen atoms in total. The van der Waals surface area contributed by atoms with Crippen LogP contribution in [0.1, 0.15) is 24.1 Å². The molecule has 33 heavy (non-hydrogen) atoms. The zero-order valence-electron chi connectivity index (χ0n) is 19.4. The molecule has 1 aromatic heterocycles. The molecule has 0 aliphatic carbocycles. The summed E-state index contributed by atoms with van der Waals surface area (Å²) in [5.74, 6) is 2.03. The maximum absolute atomic E-state index is 12.6. The molecule has 10 heteroatoms. The molecule has 0 spiro atoms. The molecule has 1 fully saturated rings. The molecule has 2 aromatic rings. The third kappa shape index (κ3) is 5.41. The van der Waals surface area contributed by atoms with Crippen molar-refractivity contribution in [2.75, 3.05) is 67.7 Å². The van der Waals surface area contributed by atoms with Crippen molar-refractivity contribution < 1.29 is 9.00 Å². The van der Waals surface area contributed by atoms with Crippen LogP contribution in [0, 0.1) is 6.92 Å². The molecule has 2 aliphatic rings. The van der Waals surface area contributed by atoms with E-state index >= 15 is 0 Å². The van der Waals surface area contributed by atoms with Crippen molar-refractivity contribution in [3.8, 4) is 0 Å². The summed E-state index contributed by atoms with van der Waals surface area (Å²) in [4.78, 5) is 28.3. The highest BCUT2D eigenvalue weighted by molar-refractivity contribution is 7.85. The Hall–Kier alpha value is -2.39. The first kappa shape index (κ1) is 23.8. The molecular formula is C23H31ClN6O2S. The van der Waals surface area contributed by atoms with Crippen LogP contribution < -0.4 is 15.1 Å². The first-order valence-electron chi connectivity index (χ1n) is 11.3. The SMILES string of the molecule is Cc1cc(Cl)ccc1N1CCN(c2nc3c(c(NCCCC(=O)N(C)C)n2)S(=O)CC3)CC1. The molecular weight excluding hydrogens is 460 g/mol. The average molecular weight is 491 g/mol. The second kappa shape index (κ2) is 10.3. The number of carbonyl (C=O) groups excluding carboxylic acids is 1. The van der Waals surface area contributed by atoms with Gasteiger partial charge in [0, 0.05) is 76.1 Å². The molecule has 3 heterocycles. The van der Waals surface area contributed by atoms with Gasteiger partial charge in [-0.05, 0) is 37.1 Å². The minimum Gasteiger partial charge on any atom is -0.369 e. The van der Waals surface area contributed by atoms with E-state index < -0.39 is 10.8 Å². The zero-order valence-corrected chi connectivity index (χ0v) is 21.0. The maximum atomic E-state index is 12.6. The van der Waals surface area contributed by atoms with Gasteiger partial charge >= 0.3 is 0 Å². The number of aryl methyl sites for hydroxylation is 2. The number of benzene rings is 1. The summed E-state index contributed by atoms with van der Waals surface area (Å²) < 4.78 is 12.6. The van der Waals surface area contributed by atoms with Gasteiger partial charge in [0.1, 0.15) is 10.7 Å². The Morgan fingerprint density at radius 2 is 1.91 bits per heavy atom. The quantitative estimate of drug-likeness (QED) is 0.597. The molecule has 1 unspecified atom stereocenters. The molecule has 178 valence electrons. The Kier molecular flexibility index (Phi) is 7.38. The Balaban J connectivity index is 1.44. The van der Waals surface area contributed by atoms with Crippen molar-refractivity contribution in [2.45, 2.75) is 31.1 Å². The van der Waals surface area contributed by atoms with E-state index in [0.717, 1.165) is 41.8 Å². The lowest BCUT2D eigenvalue weighted by atomic mass is 10.1. The molecule has 1 aromatic carbocycles. The van der Waals surface area contributed by atoms with Crippen LogP contribution >= 0.6 is 11.6 Å². The van der Waals surface area contributed by atoms with Gasteiger partial charge in [0.05, 0.1) is 16.5 Å². The molecule has 4 rings (SSSR count). The lowest BCUT2D eigenvalue weighted by Gasteiger charge is -2.37. The predicted octanol–water partition coefficient (Wildman–Crippen LogP) is 2.71. The monoisotopic (exact) mass is 490 g/mol. The Bertz CT molecular complexity index is 1060. The van der Waals surface area contributed by atoms with E-state index in [9.17, 15) is 9.00 Å². The molecule has 0 saturated carbocycles. The first-order valence-corrected chi connectivity index (χ1v) is 13.0. The summed E-state index contributed by atoms with van der Waals surface area (Å²) in [6, 6.07) is 6.01. The minimum absolute atomic E-state index is 0.0998. The van der Waals surface area contributed by atoms with E-state index in [2.05, 4.69) is 28.1 Å². The van der Waals surface area contributed by atoms with E-state index in [-0.39, 0.29) is 5.91 Å². The van der Waals surface area contributed by atoms with Gasteiger partial charge in [0.25, 0.3) is 0 Å². The zero-order chi connectivity index (χ0) is 23.5. The fraction of sp³-hybridized carbons (Fsp3) is 0.522. The number of nitrogens with zero attached hydrogens (tertiary/aromatic N) is 5. The number of halogens is 1. The normalized spacial score (nSPS) is 17.8. The second-order valence-corrected chi connectivity index (χ2v) is 10.6. The third-order valence-electron chi connectivity index (χ3n) is 6.10. The number of hydrogen-bond donors (Lipinski definition) is 1. The van der Waals surface area contributed by atoms with E-state index in [1.165, 1.54) is 11.3 Å². The number of anilines is 3. The van der Waals surface area contributed by atoms with Gasteiger partial charge in [-0.15, -0.1) is 0 Å². The van der Waals surface area contributed by atoms with Crippen LogP contribution in [-0.4, -0.2) is 77.6 Å². The lowest BCUT2D eigenvalue weighted by molar-refractivity contribution is -0.128. The van der Waals surface area contributed by atoms with Crippen molar-refractivity contribution in [2.24, 2.45) is 0 Å². The number of nitrogens with one attached hydrogen (secondary N) is 1. The van der Waals surface area contributed by atoms with Gasteiger partial charge in [0.2, 0.25) is 11.9 Å². The predicted molar refractivity (Wildman–Crippen MR) is 134 cm³/mol. The number of fused-ring (bicyclic) bond motifs is 1. The van der Waals surface area contributed by atoms with Gasteiger partial charge in [-0.3, -0.25) is 9.00 Å². The minimum atomic E-state index is -1.08. The fourth-order valence-electron chi connectivity index (χ4n) is 4.24. The van der Waals surface area contributed by atoms with E-state index in [1.807, 2.05) is 12.1 Å². The van der Waals surface area contributed by atoms with Gasteiger partial charge in [-0.1, -0.05) is 11.6 Å². The van der Waals surface area contributed by atoms with Crippen molar-refractivity contribution >= 4 is 45.8 Å². The summed E-state index contributed by atoms with van der Waals surface area (Å²) >= 11 is 6.12. The summed E-state index contributed by atoms with van der Waals surface area (Å²) in [6.07, 6.45) is 1.86. The van der Waals surface area contributed by atoms with Crippen LogP contribution in [0.4, 0.5) is 17.5 Å². The van der Waals surface area contributed by atoms with Crippen LogP contribution in [0.5, 0.6) is 0 Å². The van der Waals surface area contributed by atoms with E-state index in [1.54, 1.807) is 19.0 Å². The first-order chi connectivity index (χ1) is 15.8. The number of aromatic nitrogens is 2. The molecule has 0 radical (unpaired) electrons. The van der Waals surface area contributed by atoms with Crippen molar-refractivity contribution in [3.05, 3.63) is 34.5 Å². The van der Waals surface area contributed by atoms with Gasteiger partial charge in [0.15, 0.2) is 0 Å². The molecule has 1 N–H and O–H groups in total. The standard InChI is InChI=1S/C23H31ClN6O2S/c1-16-15-17(24)6-7-19(16)29-10-12-30(13-11-29)23-26-18-8-14-33(32)21(18)22(27-23)25-9-4-5-20(31)28(2)3/h6-7,15H,4-5,8-14H2,1-3H3,(H,25,26,27). The number of piperazine rings is 1. The molecule has 1 amide bonds. The number of hydrogen-bond acceptors (Lipinski definition) is 7. The molecule has 2 aliphatic heterocycles. The van der Waals surface area contributed by atoms with Crippen LogP contribution in [0.25, 0.3) is 0 Å². The lowest BCUT2D eigenvalue weighted by Crippen LogP contribution is -2.47. The number of carbonyl (C=O) groups is 1. The summed E-state index contributed by atoms with van der Waals surface area (Å²) in [5.41, 5.74) is 3.26. The second-order valence-electron chi connectivity index (χ2n) is 8.67. The van der Waals surface area contributed by atoms with Crippen LogP contribution in [-0.2, 0) is 22.0 Å². The largest absolute Gasteiger partial charge is 0.369 e. The topological polar surface area (TPSA) is 81.7 Å². The van der Waals surface area contributed by atoms with E-state index in [4.69, 9.17) is 21.6 Å². The average Bonchev–Trinajstić information content (AvgIpc) is 3.17. The van der Waals surface area contributed by atoms with Gasteiger partial charge in [-0.2, -0.15) is 4.98 Å². The fourth-order valence-corrected chi connectivity index (χ4v) is 5.79. The molecule has 1 saturated heterocycles. The van der Waals surface area contributed by atoms with Gasteiger partial charge < -0.3 is 20.0 Å². The highest BCUT2D eigenvalue weighted by Gasteiger charge is 2.28. The van der Waals surface area contributed by atoms with Crippen LogP contribution in [0.15, 0.2) is 23.1 Å². The molecule has 0 bridgehead atoms. The smallest absolute Gasteiger partial charge is 0.227 e. The number of amides is 1. The highest BCUT2D eigenvalue weighted by Crippen LogP contribution is 2.31. The highest BCUT2D eigenvalue weighted by atomic mass is 35.5. The number of rotatable bonds is 7. The van der Waals surface area contributed by atoms with Crippen molar-refractivity contribution in [1.29, 1.82) is 0 Å². The van der Waals surface area contributed by atoms with Crippen molar-refractivity contribution in [3.63, 3.8) is 0 Å². The third-order valence-corrected chi connectivity index (χ3v) is 7.79. The van der Waals surface area contributed by atoms with Gasteiger partial charge in [-0.25, -0.2) is 4.98 Å². The Labute approximate surface area is 202 Å². The summed E-state index contributed by atoms with van der Waals surface area (Å²) in [6.45, 7) is 6.03. The Morgan fingerprint density at radius 3 is 2.61 bits per heavy atom. The van der Waals surface area contributed by atoms with Crippen molar-refractivity contribution in [1.82, 2.24) is 14.9 Å². The molecule has 1 atom stereocenters. The van der Waals surface area contributed by atoms with E-state index in [0.29, 0.717) is 43.3 Å². The summed E-state index contributed by atoms with van der Waals surface area (Å²) in [7, 11) is 2.44. The summed E-state index contributed by atoms with van der Waals surface area (Å²) in [5, 5.41) is 4.09.